The quantitative estimate of drug-likeness (QED) is 0.804. The molecule has 0 saturated carbocycles. The Morgan fingerprint density at radius 2 is 1.82 bits per heavy atom. The molecule has 1 nitrogen and oxygen atoms in total. The summed E-state index contributed by atoms with van der Waals surface area (Å²) in [4.78, 5) is 2.61. The summed E-state index contributed by atoms with van der Waals surface area (Å²) >= 11 is 3.54. The summed E-state index contributed by atoms with van der Waals surface area (Å²) in [5.74, 6) is 0. The minimum Gasteiger partial charge on any atom is -0.391 e. The SMILES string of the molecule is Cc1sc(N)cc1-c1ccc(SC(C)C)cc1. The van der Waals surface area contributed by atoms with E-state index in [-0.39, 0.29) is 0 Å². The second-order valence-corrected chi connectivity index (χ2v) is 7.25. The van der Waals surface area contributed by atoms with E-state index in [2.05, 4.69) is 51.1 Å². The van der Waals surface area contributed by atoms with Crippen molar-refractivity contribution in [1.29, 1.82) is 0 Å². The minimum absolute atomic E-state index is 0.624. The van der Waals surface area contributed by atoms with Gasteiger partial charge >= 0.3 is 0 Å². The van der Waals surface area contributed by atoms with Crippen LogP contribution >= 0.6 is 23.1 Å². The zero-order chi connectivity index (χ0) is 12.4. The highest BCUT2D eigenvalue weighted by Gasteiger charge is 2.06. The Hall–Kier alpha value is -0.930. The maximum atomic E-state index is 5.83. The Bertz CT molecular complexity index is 497. The molecule has 1 aromatic carbocycles. The molecular weight excluding hydrogens is 246 g/mol. The molecule has 90 valence electrons. The average Bonchev–Trinajstić information content (AvgIpc) is 2.58. The Morgan fingerprint density at radius 3 is 2.29 bits per heavy atom. The van der Waals surface area contributed by atoms with Gasteiger partial charge in [0.15, 0.2) is 0 Å². The largest absolute Gasteiger partial charge is 0.391 e. The van der Waals surface area contributed by atoms with Crippen molar-refractivity contribution in [2.45, 2.75) is 30.9 Å². The number of nitrogens with two attached hydrogens (primary N) is 1. The molecule has 1 heterocycles. The Labute approximate surface area is 111 Å². The predicted octanol–water partition coefficient (Wildman–Crippen LogP) is 4.81. The van der Waals surface area contributed by atoms with E-state index in [0.717, 1.165) is 5.00 Å². The lowest BCUT2D eigenvalue weighted by molar-refractivity contribution is 1.11. The lowest BCUT2D eigenvalue weighted by atomic mass is 10.1. The molecule has 1 aromatic heterocycles. The van der Waals surface area contributed by atoms with E-state index >= 15 is 0 Å². The minimum atomic E-state index is 0.624. The molecular formula is C14H17NS2. The van der Waals surface area contributed by atoms with E-state index in [4.69, 9.17) is 5.73 Å². The molecule has 0 radical (unpaired) electrons. The lowest BCUT2D eigenvalue weighted by Crippen LogP contribution is -1.85. The number of rotatable bonds is 3. The van der Waals surface area contributed by atoms with Crippen LogP contribution in [0.1, 0.15) is 18.7 Å². The summed E-state index contributed by atoms with van der Waals surface area (Å²) in [7, 11) is 0. The normalized spacial score (nSPS) is 11.1. The van der Waals surface area contributed by atoms with Crippen LogP contribution in [0.5, 0.6) is 0 Å². The maximum absolute atomic E-state index is 5.83. The molecule has 0 saturated heterocycles. The molecule has 2 rings (SSSR count). The van der Waals surface area contributed by atoms with Crippen molar-refractivity contribution in [2.75, 3.05) is 5.73 Å². The van der Waals surface area contributed by atoms with Gasteiger partial charge in [-0.05, 0) is 36.2 Å². The van der Waals surface area contributed by atoms with Crippen LogP contribution in [0.15, 0.2) is 35.2 Å². The van der Waals surface area contributed by atoms with Crippen molar-refractivity contribution < 1.29 is 0 Å². The van der Waals surface area contributed by atoms with Crippen LogP contribution in [0.25, 0.3) is 11.1 Å². The fourth-order valence-electron chi connectivity index (χ4n) is 1.78. The molecule has 0 aliphatic heterocycles. The number of hydrogen-bond acceptors (Lipinski definition) is 3. The highest BCUT2D eigenvalue weighted by Crippen LogP contribution is 2.33. The first kappa shape index (κ1) is 12.5. The van der Waals surface area contributed by atoms with Crippen LogP contribution in [0.3, 0.4) is 0 Å². The van der Waals surface area contributed by atoms with Crippen LogP contribution in [0.4, 0.5) is 5.00 Å². The van der Waals surface area contributed by atoms with Crippen molar-refractivity contribution in [3.8, 4) is 11.1 Å². The number of benzene rings is 1. The first-order chi connectivity index (χ1) is 8.06. The van der Waals surface area contributed by atoms with Crippen molar-refractivity contribution in [3.63, 3.8) is 0 Å². The Balaban J connectivity index is 2.26. The zero-order valence-corrected chi connectivity index (χ0v) is 12.0. The van der Waals surface area contributed by atoms with Gasteiger partial charge in [-0.2, -0.15) is 0 Å². The van der Waals surface area contributed by atoms with Gasteiger partial charge in [0.25, 0.3) is 0 Å². The molecule has 0 unspecified atom stereocenters. The van der Waals surface area contributed by atoms with Crippen LogP contribution in [-0.4, -0.2) is 5.25 Å². The third-order valence-electron chi connectivity index (χ3n) is 2.47. The van der Waals surface area contributed by atoms with Gasteiger partial charge in [-0.1, -0.05) is 26.0 Å². The molecule has 3 heteroatoms. The highest BCUT2D eigenvalue weighted by atomic mass is 32.2. The van der Waals surface area contributed by atoms with Crippen molar-refractivity contribution in [1.82, 2.24) is 0 Å². The summed E-state index contributed by atoms with van der Waals surface area (Å²) < 4.78 is 0. The molecule has 0 aliphatic carbocycles. The molecule has 0 fully saturated rings. The van der Waals surface area contributed by atoms with Gasteiger partial charge in [0.1, 0.15) is 0 Å². The van der Waals surface area contributed by atoms with Crippen molar-refractivity contribution in [3.05, 3.63) is 35.2 Å². The molecule has 17 heavy (non-hydrogen) atoms. The van der Waals surface area contributed by atoms with Gasteiger partial charge in [0.05, 0.1) is 5.00 Å². The van der Waals surface area contributed by atoms with Gasteiger partial charge in [-0.3, -0.25) is 0 Å². The predicted molar refractivity (Wildman–Crippen MR) is 79.9 cm³/mol. The van der Waals surface area contributed by atoms with Gasteiger partial charge in [0.2, 0.25) is 0 Å². The second kappa shape index (κ2) is 5.15. The molecule has 0 spiro atoms. The number of aryl methyl sites for hydroxylation is 1. The molecule has 2 aromatic rings. The summed E-state index contributed by atoms with van der Waals surface area (Å²) in [5.41, 5.74) is 8.34. The zero-order valence-electron chi connectivity index (χ0n) is 10.4. The monoisotopic (exact) mass is 263 g/mol. The van der Waals surface area contributed by atoms with E-state index in [1.54, 1.807) is 11.3 Å². The number of anilines is 1. The van der Waals surface area contributed by atoms with Gasteiger partial charge in [-0.15, -0.1) is 23.1 Å². The van der Waals surface area contributed by atoms with Crippen LogP contribution in [0.2, 0.25) is 0 Å². The summed E-state index contributed by atoms with van der Waals surface area (Å²) in [6.45, 7) is 6.54. The lowest BCUT2D eigenvalue weighted by Gasteiger charge is -2.06. The number of thioether (sulfide) groups is 1. The van der Waals surface area contributed by atoms with Gasteiger partial charge in [-0.25, -0.2) is 0 Å². The highest BCUT2D eigenvalue weighted by molar-refractivity contribution is 7.99. The molecule has 0 amide bonds. The standard InChI is InChI=1S/C14H17NS2/c1-9(2)16-12-6-4-11(5-7-12)13-8-14(15)17-10(13)3/h4-9H,15H2,1-3H3. The Morgan fingerprint density at radius 1 is 1.18 bits per heavy atom. The van der Waals surface area contributed by atoms with Gasteiger partial charge < -0.3 is 5.73 Å². The van der Waals surface area contributed by atoms with Crippen molar-refractivity contribution in [2.24, 2.45) is 0 Å². The summed E-state index contributed by atoms with van der Waals surface area (Å²) in [5, 5.41) is 1.51. The number of thiophene rings is 1. The average molecular weight is 263 g/mol. The number of hydrogen-bond donors (Lipinski definition) is 1. The summed E-state index contributed by atoms with van der Waals surface area (Å²) in [6, 6.07) is 10.8. The van der Waals surface area contributed by atoms with E-state index in [1.165, 1.54) is 20.9 Å². The van der Waals surface area contributed by atoms with Gasteiger partial charge in [0, 0.05) is 15.0 Å². The molecule has 2 N–H and O–H groups in total. The topological polar surface area (TPSA) is 26.0 Å². The molecule has 0 atom stereocenters. The van der Waals surface area contributed by atoms with Crippen molar-refractivity contribution >= 4 is 28.1 Å². The fraction of sp³-hybridized carbons (Fsp3) is 0.286. The third kappa shape index (κ3) is 3.05. The van der Waals surface area contributed by atoms with E-state index in [1.807, 2.05) is 11.8 Å². The van der Waals surface area contributed by atoms with Crippen LogP contribution in [-0.2, 0) is 0 Å². The summed E-state index contributed by atoms with van der Waals surface area (Å²) in [6.07, 6.45) is 0. The smallest absolute Gasteiger partial charge is 0.0865 e. The third-order valence-corrected chi connectivity index (χ3v) is 4.37. The van der Waals surface area contributed by atoms with E-state index < -0.39 is 0 Å². The number of nitrogen functional groups attached to an aromatic ring is 1. The van der Waals surface area contributed by atoms with Crippen LogP contribution < -0.4 is 5.73 Å². The first-order valence-electron chi connectivity index (χ1n) is 5.69. The van der Waals surface area contributed by atoms with Crippen LogP contribution in [0, 0.1) is 6.92 Å². The maximum Gasteiger partial charge on any atom is 0.0865 e. The first-order valence-corrected chi connectivity index (χ1v) is 7.39. The molecule has 0 aliphatic rings. The molecule has 0 bridgehead atoms. The fourth-order valence-corrected chi connectivity index (χ4v) is 3.43. The van der Waals surface area contributed by atoms with E-state index in [9.17, 15) is 0 Å². The second-order valence-electron chi connectivity index (χ2n) is 4.31. The Kier molecular flexibility index (Phi) is 3.79. The van der Waals surface area contributed by atoms with E-state index in [0.29, 0.717) is 5.25 Å².